The van der Waals surface area contributed by atoms with Crippen LogP contribution in [-0.2, 0) is 0 Å². The molecule has 1 aromatic carbocycles. The Hall–Kier alpha value is -3.31. The topological polar surface area (TPSA) is 102 Å². The van der Waals surface area contributed by atoms with E-state index in [0.29, 0.717) is 0 Å². The number of rotatable bonds is 5. The summed E-state index contributed by atoms with van der Waals surface area (Å²) in [4.78, 5) is 0. The summed E-state index contributed by atoms with van der Waals surface area (Å²) in [5.41, 5.74) is -0.898. The smallest absolute Gasteiger partial charge is 0.387 e. The Balaban J connectivity index is 3.32. The number of alkyl halides is 2. The van der Waals surface area contributed by atoms with Crippen molar-refractivity contribution in [2.45, 2.75) is 6.61 Å². The van der Waals surface area contributed by atoms with Gasteiger partial charge in [0.15, 0.2) is 17.1 Å². The number of ether oxygens (including phenoxy) is 2. The summed E-state index contributed by atoms with van der Waals surface area (Å²) in [5, 5.41) is 28.8. The Bertz CT molecular complexity index is 665. The van der Waals surface area contributed by atoms with Gasteiger partial charge < -0.3 is 14.8 Å². The van der Waals surface area contributed by atoms with Crippen LogP contribution in [0.1, 0.15) is 0 Å². The Kier molecular flexibility index (Phi) is 5.49. The number of hydrogen-bond donors (Lipinski definition) is 1. The molecule has 1 rings (SSSR count). The molecule has 0 spiro atoms. The fourth-order valence-corrected chi connectivity index (χ4v) is 1.40. The van der Waals surface area contributed by atoms with Gasteiger partial charge in [-0.05, 0) is 12.1 Å². The molecule has 1 aromatic rings. The third-order valence-corrected chi connectivity index (χ3v) is 2.25. The van der Waals surface area contributed by atoms with Crippen LogP contribution in [-0.4, -0.2) is 13.7 Å². The molecule has 0 saturated carbocycles. The van der Waals surface area contributed by atoms with Crippen LogP contribution in [0.15, 0.2) is 29.5 Å². The fraction of sp³-hybridized carbons (Fsp3) is 0.154. The Morgan fingerprint density at radius 2 is 1.86 bits per heavy atom. The second-order valence-electron chi connectivity index (χ2n) is 3.43. The lowest BCUT2D eigenvalue weighted by Crippen LogP contribution is -2.08. The fourth-order valence-electron chi connectivity index (χ4n) is 1.40. The number of halogens is 2. The maximum absolute atomic E-state index is 12.4. The van der Waals surface area contributed by atoms with E-state index in [4.69, 9.17) is 20.5 Å². The molecule has 6 nitrogen and oxygen atoms in total. The Morgan fingerprint density at radius 3 is 2.33 bits per heavy atom. The van der Waals surface area contributed by atoms with Gasteiger partial charge in [-0.2, -0.15) is 24.6 Å². The van der Waals surface area contributed by atoms with E-state index < -0.39 is 12.2 Å². The molecule has 0 fully saturated rings. The molecule has 0 aromatic heterocycles. The summed E-state index contributed by atoms with van der Waals surface area (Å²) < 4.78 is 34.1. The van der Waals surface area contributed by atoms with E-state index in [1.807, 2.05) is 0 Å². The van der Waals surface area contributed by atoms with Crippen molar-refractivity contribution in [2.75, 3.05) is 12.4 Å². The third kappa shape index (κ3) is 3.82. The van der Waals surface area contributed by atoms with Crippen LogP contribution in [0.4, 0.5) is 14.5 Å². The van der Waals surface area contributed by atoms with Crippen LogP contribution in [0, 0.1) is 34.0 Å². The molecule has 0 atom stereocenters. The van der Waals surface area contributed by atoms with Gasteiger partial charge in [0.05, 0.1) is 12.8 Å². The predicted octanol–water partition coefficient (Wildman–Crippen LogP) is 2.53. The highest BCUT2D eigenvalue weighted by molar-refractivity contribution is 5.68. The molecule has 0 aliphatic rings. The highest BCUT2D eigenvalue weighted by Crippen LogP contribution is 2.37. The number of nitrogens with one attached hydrogen (secondary N) is 1. The van der Waals surface area contributed by atoms with Crippen LogP contribution in [0.5, 0.6) is 11.5 Å². The first kappa shape index (κ1) is 15.7. The van der Waals surface area contributed by atoms with Crippen LogP contribution >= 0.6 is 0 Å². The minimum absolute atomic E-state index is 0.00746. The van der Waals surface area contributed by atoms with Crippen molar-refractivity contribution in [3.63, 3.8) is 0 Å². The maximum atomic E-state index is 12.4. The molecule has 106 valence electrons. The number of nitrogens with zero attached hydrogens (tertiary/aromatic N) is 3. The first-order chi connectivity index (χ1) is 10.1. The minimum Gasteiger partial charge on any atom is -0.493 e. The zero-order valence-corrected chi connectivity index (χ0v) is 10.7. The summed E-state index contributed by atoms with van der Waals surface area (Å²) in [5.74, 6) is -0.328. The molecule has 0 radical (unpaired) electrons. The van der Waals surface area contributed by atoms with Crippen molar-refractivity contribution in [3.05, 3.63) is 29.5 Å². The molecular formula is C13H8F2N4O2. The molecule has 1 N–H and O–H groups in total. The molecule has 0 saturated heterocycles. The van der Waals surface area contributed by atoms with E-state index in [2.05, 4.69) is 10.1 Å². The average molecular weight is 290 g/mol. The number of hydrogen-bond acceptors (Lipinski definition) is 6. The molecule has 0 bridgehead atoms. The predicted molar refractivity (Wildman–Crippen MR) is 67.1 cm³/mol. The molecule has 0 aliphatic heterocycles. The monoisotopic (exact) mass is 290 g/mol. The van der Waals surface area contributed by atoms with Gasteiger partial charge in [0.25, 0.3) is 0 Å². The first-order valence-electron chi connectivity index (χ1n) is 5.40. The summed E-state index contributed by atoms with van der Waals surface area (Å²) in [7, 11) is 1.26. The van der Waals surface area contributed by atoms with E-state index in [9.17, 15) is 8.78 Å². The van der Waals surface area contributed by atoms with E-state index in [1.54, 1.807) is 6.07 Å². The van der Waals surface area contributed by atoms with Crippen molar-refractivity contribution in [2.24, 2.45) is 0 Å². The maximum Gasteiger partial charge on any atom is 0.387 e. The number of anilines is 1. The average Bonchev–Trinajstić information content (AvgIpc) is 2.48. The number of nitriles is 3. The second kappa shape index (κ2) is 7.32. The lowest BCUT2D eigenvalue weighted by molar-refractivity contribution is -0.0507. The summed E-state index contributed by atoms with van der Waals surface area (Å²) in [6.07, 6.45) is 0. The van der Waals surface area contributed by atoms with E-state index in [1.165, 1.54) is 37.4 Å². The zero-order chi connectivity index (χ0) is 15.8. The molecule has 0 aliphatic carbocycles. The van der Waals surface area contributed by atoms with Gasteiger partial charge in [0, 0.05) is 0 Å². The SMILES string of the molecule is COc1cccc(NC(C#N)=C(C#N)C#N)c1OC(F)F. The van der Waals surface area contributed by atoms with Gasteiger partial charge in [0.1, 0.15) is 23.9 Å². The van der Waals surface area contributed by atoms with Gasteiger partial charge in [0.2, 0.25) is 0 Å². The quantitative estimate of drug-likeness (QED) is 0.836. The first-order valence-corrected chi connectivity index (χ1v) is 5.40. The molecular weight excluding hydrogens is 282 g/mol. The highest BCUT2D eigenvalue weighted by Gasteiger charge is 2.17. The summed E-state index contributed by atoms with van der Waals surface area (Å²) in [6, 6.07) is 8.85. The minimum atomic E-state index is -3.11. The Labute approximate surface area is 119 Å². The molecule has 21 heavy (non-hydrogen) atoms. The normalized spacial score (nSPS) is 9.00. The Morgan fingerprint density at radius 1 is 1.19 bits per heavy atom. The number of methoxy groups -OCH3 is 1. The van der Waals surface area contributed by atoms with Crippen LogP contribution < -0.4 is 14.8 Å². The van der Waals surface area contributed by atoms with Crippen LogP contribution in [0.2, 0.25) is 0 Å². The van der Waals surface area contributed by atoms with E-state index in [-0.39, 0.29) is 22.9 Å². The van der Waals surface area contributed by atoms with Crippen molar-refractivity contribution < 1.29 is 18.3 Å². The van der Waals surface area contributed by atoms with Crippen molar-refractivity contribution in [3.8, 4) is 29.7 Å². The number of para-hydroxylation sites is 1. The van der Waals surface area contributed by atoms with E-state index in [0.717, 1.165) is 0 Å². The number of benzene rings is 1. The molecule has 0 amide bonds. The van der Waals surface area contributed by atoms with Crippen LogP contribution in [0.25, 0.3) is 0 Å². The zero-order valence-electron chi connectivity index (χ0n) is 10.7. The summed E-state index contributed by atoms with van der Waals surface area (Å²) in [6.45, 7) is -3.11. The lowest BCUT2D eigenvalue weighted by atomic mass is 10.2. The van der Waals surface area contributed by atoms with Crippen molar-refractivity contribution in [1.82, 2.24) is 0 Å². The third-order valence-electron chi connectivity index (χ3n) is 2.25. The van der Waals surface area contributed by atoms with Gasteiger partial charge in [-0.3, -0.25) is 0 Å². The number of allylic oxidation sites excluding steroid dienone is 2. The largest absolute Gasteiger partial charge is 0.493 e. The molecule has 0 unspecified atom stereocenters. The molecule has 8 heteroatoms. The van der Waals surface area contributed by atoms with Gasteiger partial charge in [-0.15, -0.1) is 0 Å². The lowest BCUT2D eigenvalue weighted by Gasteiger charge is -2.15. The van der Waals surface area contributed by atoms with E-state index >= 15 is 0 Å². The highest BCUT2D eigenvalue weighted by atomic mass is 19.3. The molecule has 0 heterocycles. The van der Waals surface area contributed by atoms with Crippen LogP contribution in [0.3, 0.4) is 0 Å². The van der Waals surface area contributed by atoms with Crippen molar-refractivity contribution >= 4 is 5.69 Å². The van der Waals surface area contributed by atoms with Crippen molar-refractivity contribution in [1.29, 1.82) is 15.8 Å². The van der Waals surface area contributed by atoms with Gasteiger partial charge in [-0.25, -0.2) is 0 Å². The standard InChI is InChI=1S/C13H8F2N4O2/c1-20-11-4-2-3-9(12(11)21-13(14)15)19-10(7-18)8(5-16)6-17/h2-4,13,19H,1H3. The second-order valence-corrected chi connectivity index (χ2v) is 3.43. The van der Waals surface area contributed by atoms with Gasteiger partial charge >= 0.3 is 6.61 Å². The summed E-state index contributed by atoms with van der Waals surface area (Å²) >= 11 is 0. The van der Waals surface area contributed by atoms with Gasteiger partial charge in [-0.1, -0.05) is 6.07 Å².